The Labute approximate surface area is 102 Å². The summed E-state index contributed by atoms with van der Waals surface area (Å²) in [6.45, 7) is 0.565. The molecule has 1 aromatic heterocycles. The minimum absolute atomic E-state index is 0.565. The average molecular weight is 280 g/mol. The molecule has 0 saturated heterocycles. The standard InChI is InChI=1S/C12H10BrNO2/c13-10-3-4-12(9(6-10)8-15)14-7-11-2-1-5-16-11/h1-6,8,14H,7H2. The van der Waals surface area contributed by atoms with Gasteiger partial charge in [0.05, 0.1) is 12.8 Å². The smallest absolute Gasteiger partial charge is 0.152 e. The Morgan fingerprint density at radius 3 is 2.94 bits per heavy atom. The molecule has 0 aliphatic heterocycles. The van der Waals surface area contributed by atoms with Crippen molar-refractivity contribution in [3.63, 3.8) is 0 Å². The molecule has 0 radical (unpaired) electrons. The van der Waals surface area contributed by atoms with Gasteiger partial charge in [0.15, 0.2) is 6.29 Å². The molecule has 0 amide bonds. The normalized spacial score (nSPS) is 10.1. The number of nitrogens with one attached hydrogen (secondary N) is 1. The Hall–Kier alpha value is -1.55. The molecule has 1 aromatic carbocycles. The summed E-state index contributed by atoms with van der Waals surface area (Å²) in [7, 11) is 0. The maximum absolute atomic E-state index is 10.9. The number of rotatable bonds is 4. The van der Waals surface area contributed by atoms with E-state index in [4.69, 9.17) is 4.42 Å². The number of aldehydes is 1. The molecule has 0 bridgehead atoms. The Morgan fingerprint density at radius 2 is 2.25 bits per heavy atom. The van der Waals surface area contributed by atoms with Gasteiger partial charge >= 0.3 is 0 Å². The van der Waals surface area contributed by atoms with E-state index >= 15 is 0 Å². The zero-order valence-electron chi connectivity index (χ0n) is 8.44. The van der Waals surface area contributed by atoms with Gasteiger partial charge < -0.3 is 9.73 Å². The van der Waals surface area contributed by atoms with Crippen molar-refractivity contribution >= 4 is 27.9 Å². The number of anilines is 1. The topological polar surface area (TPSA) is 42.2 Å². The van der Waals surface area contributed by atoms with Crippen LogP contribution >= 0.6 is 15.9 Å². The molecule has 0 spiro atoms. The molecule has 0 atom stereocenters. The minimum atomic E-state index is 0.565. The maximum atomic E-state index is 10.9. The molecule has 1 N–H and O–H groups in total. The predicted molar refractivity (Wildman–Crippen MR) is 65.6 cm³/mol. The van der Waals surface area contributed by atoms with Gasteiger partial charge in [-0.1, -0.05) is 15.9 Å². The molecule has 2 rings (SSSR count). The first kappa shape index (κ1) is 11.0. The SMILES string of the molecule is O=Cc1cc(Br)ccc1NCc1ccco1. The van der Waals surface area contributed by atoms with E-state index in [0.29, 0.717) is 12.1 Å². The lowest BCUT2D eigenvalue weighted by Gasteiger charge is -2.07. The van der Waals surface area contributed by atoms with Crippen molar-refractivity contribution in [1.82, 2.24) is 0 Å². The second-order valence-electron chi connectivity index (χ2n) is 3.28. The third-order valence-corrected chi connectivity index (χ3v) is 2.67. The predicted octanol–water partition coefficient (Wildman–Crippen LogP) is 3.47. The number of carbonyl (C=O) groups is 1. The molecular weight excluding hydrogens is 270 g/mol. The van der Waals surface area contributed by atoms with Crippen LogP contribution in [0.4, 0.5) is 5.69 Å². The van der Waals surface area contributed by atoms with E-state index in [-0.39, 0.29) is 0 Å². The molecule has 0 unspecified atom stereocenters. The van der Waals surface area contributed by atoms with Crippen LogP contribution in [0.3, 0.4) is 0 Å². The van der Waals surface area contributed by atoms with Crippen molar-refractivity contribution in [2.24, 2.45) is 0 Å². The van der Waals surface area contributed by atoms with E-state index in [1.165, 1.54) is 0 Å². The fraction of sp³-hybridized carbons (Fsp3) is 0.0833. The lowest BCUT2D eigenvalue weighted by molar-refractivity contribution is 0.112. The quantitative estimate of drug-likeness (QED) is 0.872. The van der Waals surface area contributed by atoms with Crippen LogP contribution < -0.4 is 5.32 Å². The average Bonchev–Trinajstić information content (AvgIpc) is 2.80. The molecule has 2 aromatic rings. The van der Waals surface area contributed by atoms with E-state index in [0.717, 1.165) is 22.2 Å². The third kappa shape index (κ3) is 2.52. The van der Waals surface area contributed by atoms with Crippen molar-refractivity contribution in [1.29, 1.82) is 0 Å². The summed E-state index contributed by atoms with van der Waals surface area (Å²) in [5, 5.41) is 3.15. The van der Waals surface area contributed by atoms with Gasteiger partial charge in [0.1, 0.15) is 5.76 Å². The van der Waals surface area contributed by atoms with Crippen LogP contribution in [0.25, 0.3) is 0 Å². The monoisotopic (exact) mass is 279 g/mol. The number of hydrogen-bond donors (Lipinski definition) is 1. The van der Waals surface area contributed by atoms with Crippen molar-refractivity contribution in [3.05, 3.63) is 52.4 Å². The molecule has 4 heteroatoms. The van der Waals surface area contributed by atoms with E-state index < -0.39 is 0 Å². The Balaban J connectivity index is 2.12. The fourth-order valence-corrected chi connectivity index (χ4v) is 1.77. The van der Waals surface area contributed by atoms with Crippen LogP contribution in [-0.2, 0) is 6.54 Å². The third-order valence-electron chi connectivity index (χ3n) is 2.17. The van der Waals surface area contributed by atoms with E-state index in [9.17, 15) is 4.79 Å². The first-order valence-corrected chi connectivity index (χ1v) is 5.60. The highest BCUT2D eigenvalue weighted by Gasteiger charge is 2.02. The van der Waals surface area contributed by atoms with Crippen molar-refractivity contribution in [2.45, 2.75) is 6.54 Å². The summed E-state index contributed by atoms with van der Waals surface area (Å²) in [5.41, 5.74) is 1.43. The van der Waals surface area contributed by atoms with Crippen molar-refractivity contribution < 1.29 is 9.21 Å². The second-order valence-corrected chi connectivity index (χ2v) is 4.20. The van der Waals surface area contributed by atoms with Crippen LogP contribution in [0.5, 0.6) is 0 Å². The summed E-state index contributed by atoms with van der Waals surface area (Å²) in [4.78, 5) is 10.9. The van der Waals surface area contributed by atoms with Crippen LogP contribution in [0.1, 0.15) is 16.1 Å². The maximum Gasteiger partial charge on any atom is 0.152 e. The van der Waals surface area contributed by atoms with Gasteiger partial charge in [0, 0.05) is 15.7 Å². The molecule has 1 heterocycles. The minimum Gasteiger partial charge on any atom is -0.467 e. The van der Waals surface area contributed by atoms with E-state index in [2.05, 4.69) is 21.2 Å². The zero-order chi connectivity index (χ0) is 11.4. The van der Waals surface area contributed by atoms with Crippen LogP contribution in [0, 0.1) is 0 Å². The first-order chi connectivity index (χ1) is 7.79. The summed E-state index contributed by atoms with van der Waals surface area (Å²) in [6.07, 6.45) is 2.45. The van der Waals surface area contributed by atoms with Crippen molar-refractivity contribution in [3.8, 4) is 0 Å². The van der Waals surface area contributed by atoms with Gasteiger partial charge in [-0.3, -0.25) is 4.79 Å². The molecule has 0 saturated carbocycles. The summed E-state index contributed by atoms with van der Waals surface area (Å²) >= 11 is 3.32. The molecular formula is C12H10BrNO2. The summed E-state index contributed by atoms with van der Waals surface area (Å²) < 4.78 is 6.08. The number of carbonyl (C=O) groups excluding carboxylic acids is 1. The Kier molecular flexibility index (Phi) is 3.41. The molecule has 0 aliphatic carbocycles. The molecule has 0 aliphatic rings. The van der Waals surface area contributed by atoms with Crippen LogP contribution in [0.2, 0.25) is 0 Å². The summed E-state index contributed by atoms with van der Waals surface area (Å²) in [6, 6.07) is 9.23. The van der Waals surface area contributed by atoms with Gasteiger partial charge in [0.25, 0.3) is 0 Å². The Bertz CT molecular complexity index is 480. The lowest BCUT2D eigenvalue weighted by atomic mass is 10.2. The second kappa shape index (κ2) is 4.99. The van der Waals surface area contributed by atoms with Crippen LogP contribution in [-0.4, -0.2) is 6.29 Å². The number of furan rings is 1. The fourth-order valence-electron chi connectivity index (χ4n) is 1.39. The summed E-state index contributed by atoms with van der Waals surface area (Å²) in [5.74, 6) is 0.833. The number of hydrogen-bond acceptors (Lipinski definition) is 3. The van der Waals surface area contributed by atoms with Gasteiger partial charge in [-0.25, -0.2) is 0 Å². The molecule has 3 nitrogen and oxygen atoms in total. The molecule has 16 heavy (non-hydrogen) atoms. The Morgan fingerprint density at radius 1 is 1.38 bits per heavy atom. The van der Waals surface area contributed by atoms with E-state index in [1.807, 2.05) is 24.3 Å². The highest BCUT2D eigenvalue weighted by Crippen LogP contribution is 2.20. The lowest BCUT2D eigenvalue weighted by Crippen LogP contribution is -2.01. The van der Waals surface area contributed by atoms with E-state index in [1.54, 1.807) is 12.3 Å². The first-order valence-electron chi connectivity index (χ1n) is 4.80. The molecule has 82 valence electrons. The van der Waals surface area contributed by atoms with Gasteiger partial charge in [0.2, 0.25) is 0 Å². The highest BCUT2D eigenvalue weighted by atomic mass is 79.9. The zero-order valence-corrected chi connectivity index (χ0v) is 10.0. The molecule has 0 fully saturated rings. The van der Waals surface area contributed by atoms with Gasteiger partial charge in [-0.15, -0.1) is 0 Å². The highest BCUT2D eigenvalue weighted by molar-refractivity contribution is 9.10. The number of benzene rings is 1. The van der Waals surface area contributed by atoms with Crippen molar-refractivity contribution in [2.75, 3.05) is 5.32 Å². The van der Waals surface area contributed by atoms with Gasteiger partial charge in [-0.05, 0) is 30.3 Å². The number of halogens is 1. The van der Waals surface area contributed by atoms with Gasteiger partial charge in [-0.2, -0.15) is 0 Å². The largest absolute Gasteiger partial charge is 0.467 e. The van der Waals surface area contributed by atoms with Crippen LogP contribution in [0.15, 0.2) is 45.5 Å².